The molecule has 34 heavy (non-hydrogen) atoms. The van der Waals surface area contributed by atoms with E-state index in [4.69, 9.17) is 9.47 Å². The van der Waals surface area contributed by atoms with Gasteiger partial charge in [0.05, 0.1) is 43.3 Å². The second kappa shape index (κ2) is 7.88. The molecule has 5 heterocycles. The van der Waals surface area contributed by atoms with Crippen LogP contribution in [0.25, 0.3) is 16.3 Å². The van der Waals surface area contributed by atoms with Gasteiger partial charge in [-0.2, -0.15) is 0 Å². The molecule has 1 saturated carbocycles. The maximum Gasteiger partial charge on any atom is 0.291 e. The molecule has 10 nitrogen and oxygen atoms in total. The molecule has 0 spiro atoms. The highest BCUT2D eigenvalue weighted by Gasteiger charge is 2.42. The van der Waals surface area contributed by atoms with Crippen molar-refractivity contribution in [3.63, 3.8) is 0 Å². The number of aromatic nitrogens is 4. The van der Waals surface area contributed by atoms with E-state index in [1.165, 1.54) is 6.20 Å². The van der Waals surface area contributed by atoms with Crippen molar-refractivity contribution < 1.29 is 26.7 Å². The van der Waals surface area contributed by atoms with E-state index in [0.29, 0.717) is 37.6 Å². The van der Waals surface area contributed by atoms with Crippen molar-refractivity contribution in [3.05, 3.63) is 23.5 Å². The molecule has 3 aliphatic rings. The number of alkyl halides is 2. The third-order valence-electron chi connectivity index (χ3n) is 6.48. The highest BCUT2D eigenvalue weighted by molar-refractivity contribution is 7.89. The van der Waals surface area contributed by atoms with E-state index in [1.54, 1.807) is 16.7 Å². The van der Waals surface area contributed by atoms with Crippen LogP contribution >= 0.6 is 11.3 Å². The van der Waals surface area contributed by atoms with Crippen LogP contribution in [0, 0.1) is 0 Å². The van der Waals surface area contributed by atoms with E-state index >= 15 is 0 Å². The number of pyridine rings is 1. The first kappa shape index (κ1) is 22.2. The van der Waals surface area contributed by atoms with Crippen LogP contribution in [0.2, 0.25) is 0 Å². The topological polar surface area (TPSA) is 111 Å². The lowest BCUT2D eigenvalue weighted by atomic mass is 10.1. The molecule has 0 radical (unpaired) electrons. The van der Waals surface area contributed by atoms with Crippen LogP contribution in [0.15, 0.2) is 23.4 Å². The fraction of sp³-hybridized carbons (Fsp3) is 0.550. The fourth-order valence-electron chi connectivity index (χ4n) is 4.42. The van der Waals surface area contributed by atoms with Gasteiger partial charge in [-0.1, -0.05) is 11.3 Å². The van der Waals surface area contributed by atoms with Gasteiger partial charge in [0.15, 0.2) is 15.8 Å². The zero-order valence-corrected chi connectivity index (χ0v) is 19.8. The summed E-state index contributed by atoms with van der Waals surface area (Å²) in [4.78, 5) is 6.56. The maximum absolute atomic E-state index is 13.3. The van der Waals surface area contributed by atoms with Gasteiger partial charge in [-0.15, -0.1) is 10.2 Å². The van der Waals surface area contributed by atoms with E-state index in [0.717, 1.165) is 24.2 Å². The number of rotatable bonds is 6. The predicted molar refractivity (Wildman–Crippen MR) is 119 cm³/mol. The molecule has 0 unspecified atom stereocenters. The number of ether oxygens (including phenoxy) is 2. The van der Waals surface area contributed by atoms with Crippen LogP contribution in [0.1, 0.15) is 31.2 Å². The summed E-state index contributed by atoms with van der Waals surface area (Å²) in [5, 5.41) is 7.19. The Morgan fingerprint density at radius 3 is 2.85 bits per heavy atom. The number of sulfonamides is 1. The molecule has 14 heteroatoms. The summed E-state index contributed by atoms with van der Waals surface area (Å²) in [7, 11) is -3.86. The van der Waals surface area contributed by atoms with Gasteiger partial charge in [-0.05, 0) is 25.8 Å². The molecule has 0 aromatic carbocycles. The molecule has 0 amide bonds. The van der Waals surface area contributed by atoms with Gasteiger partial charge < -0.3 is 14.4 Å². The molecule has 6 rings (SSSR count). The highest BCUT2D eigenvalue weighted by Crippen LogP contribution is 2.38. The third-order valence-corrected chi connectivity index (χ3v) is 9.01. The quantitative estimate of drug-likeness (QED) is 0.535. The van der Waals surface area contributed by atoms with Crippen molar-refractivity contribution >= 4 is 32.6 Å². The Hall–Kier alpha value is -2.26. The summed E-state index contributed by atoms with van der Waals surface area (Å²) in [5.41, 5.74) is 0.832. The number of hydrogen-bond donors (Lipinski definition) is 1. The Kier molecular flexibility index (Phi) is 5.15. The zero-order valence-electron chi connectivity index (χ0n) is 18.1. The molecule has 3 fully saturated rings. The van der Waals surface area contributed by atoms with E-state index in [9.17, 15) is 17.2 Å². The van der Waals surface area contributed by atoms with E-state index in [2.05, 4.69) is 24.8 Å². The molecular weight excluding hydrogens is 490 g/mol. The van der Waals surface area contributed by atoms with Crippen LogP contribution in [-0.4, -0.2) is 72.0 Å². The van der Waals surface area contributed by atoms with Crippen molar-refractivity contribution in [1.29, 1.82) is 0 Å². The molecule has 3 aromatic heterocycles. The third kappa shape index (κ3) is 3.77. The van der Waals surface area contributed by atoms with Gasteiger partial charge in [-0.3, -0.25) is 4.40 Å². The molecule has 3 aromatic rings. The molecule has 2 aliphatic heterocycles. The van der Waals surface area contributed by atoms with Crippen molar-refractivity contribution in [2.75, 3.05) is 31.3 Å². The van der Waals surface area contributed by atoms with Gasteiger partial charge in [-0.25, -0.2) is 26.9 Å². The number of nitrogens with one attached hydrogen (secondary N) is 1. The minimum absolute atomic E-state index is 0.0583. The lowest BCUT2D eigenvalue weighted by molar-refractivity contribution is 0.0225. The first-order valence-electron chi connectivity index (χ1n) is 10.9. The summed E-state index contributed by atoms with van der Waals surface area (Å²) in [5.74, 6) is 0.253. The number of morpholine rings is 1. The van der Waals surface area contributed by atoms with Gasteiger partial charge in [0.2, 0.25) is 10.0 Å². The van der Waals surface area contributed by atoms with Crippen LogP contribution in [0.4, 0.5) is 14.5 Å². The summed E-state index contributed by atoms with van der Waals surface area (Å²) < 4.78 is 68.7. The Morgan fingerprint density at radius 2 is 2.12 bits per heavy atom. The minimum Gasteiger partial charge on any atom is -0.376 e. The van der Waals surface area contributed by atoms with Crippen molar-refractivity contribution in [1.82, 2.24) is 24.3 Å². The standard InChI is InChI=1S/C20H22F2N6O4S2/c1-20(2-3-20)26-34(29,30)11-6-12(27-4-5-32-15-10-31-9-14(15)27)13-7-23-17(28(13)8-11)19-25-24-18(33-19)16(21)22/h6-8,14-16,26H,2-5,9-10H2,1H3/t14-,15-/m1/s1. The Bertz CT molecular complexity index is 1360. The number of anilines is 1. The average molecular weight is 513 g/mol. The lowest BCUT2D eigenvalue weighted by Crippen LogP contribution is -2.51. The summed E-state index contributed by atoms with van der Waals surface area (Å²) in [6.45, 7) is 3.81. The van der Waals surface area contributed by atoms with Crippen molar-refractivity contribution in [3.8, 4) is 10.8 Å². The van der Waals surface area contributed by atoms with Gasteiger partial charge >= 0.3 is 0 Å². The normalized spacial score (nSPS) is 24.2. The number of hydrogen-bond acceptors (Lipinski definition) is 9. The number of fused-ring (bicyclic) bond motifs is 2. The van der Waals surface area contributed by atoms with Crippen molar-refractivity contribution in [2.24, 2.45) is 0 Å². The SMILES string of the molecule is CC1(NS(=O)(=O)c2cc(N3CCO[C@@H]4COC[C@H]43)c3cnc(-c4nnc(C(F)F)s4)n3c2)CC1. The number of halogens is 2. The van der Waals surface area contributed by atoms with Crippen LogP contribution in [0.3, 0.4) is 0 Å². The fourth-order valence-corrected chi connectivity index (χ4v) is 6.59. The van der Waals surface area contributed by atoms with E-state index in [-0.39, 0.29) is 27.9 Å². The molecule has 2 saturated heterocycles. The van der Waals surface area contributed by atoms with Gasteiger partial charge in [0, 0.05) is 18.3 Å². The summed E-state index contributed by atoms with van der Waals surface area (Å²) in [6.07, 6.45) is 1.73. The van der Waals surface area contributed by atoms with E-state index in [1.807, 2.05) is 6.92 Å². The molecule has 1 N–H and O–H groups in total. The minimum atomic E-state index is -3.86. The van der Waals surface area contributed by atoms with Crippen LogP contribution in [-0.2, 0) is 19.5 Å². The molecule has 0 bridgehead atoms. The Balaban J connectivity index is 1.51. The van der Waals surface area contributed by atoms with Crippen molar-refractivity contribution in [2.45, 2.75) is 48.8 Å². The van der Waals surface area contributed by atoms with E-state index < -0.39 is 27.0 Å². The van der Waals surface area contributed by atoms with Gasteiger partial charge in [0.25, 0.3) is 6.43 Å². The Morgan fingerprint density at radius 1 is 1.29 bits per heavy atom. The van der Waals surface area contributed by atoms with Crippen LogP contribution < -0.4 is 9.62 Å². The first-order valence-corrected chi connectivity index (χ1v) is 13.2. The van der Waals surface area contributed by atoms with Crippen LogP contribution in [0.5, 0.6) is 0 Å². The first-order chi connectivity index (χ1) is 16.2. The number of imidazole rings is 1. The molecule has 2 atom stereocenters. The average Bonchev–Trinajstić information content (AvgIpc) is 3.26. The second-order valence-electron chi connectivity index (χ2n) is 9.02. The predicted octanol–water partition coefficient (Wildman–Crippen LogP) is 2.23. The Labute approximate surface area is 197 Å². The molecule has 1 aliphatic carbocycles. The maximum atomic E-state index is 13.3. The monoisotopic (exact) mass is 512 g/mol. The summed E-state index contributed by atoms with van der Waals surface area (Å²) in [6, 6.07) is 1.56. The summed E-state index contributed by atoms with van der Waals surface area (Å²) >= 11 is 0.730. The van der Waals surface area contributed by atoms with Gasteiger partial charge in [0.1, 0.15) is 11.0 Å². The lowest BCUT2D eigenvalue weighted by Gasteiger charge is -2.38. The zero-order chi connectivity index (χ0) is 23.7. The number of nitrogens with zero attached hydrogens (tertiary/aromatic N) is 5. The molecule has 182 valence electrons. The largest absolute Gasteiger partial charge is 0.376 e. The second-order valence-corrected chi connectivity index (χ2v) is 11.7. The highest BCUT2D eigenvalue weighted by atomic mass is 32.2. The smallest absolute Gasteiger partial charge is 0.291 e. The molecular formula is C20H22F2N6O4S2.